The van der Waals surface area contributed by atoms with Gasteiger partial charge in [-0.2, -0.15) is 0 Å². The van der Waals surface area contributed by atoms with Crippen molar-refractivity contribution < 1.29 is 9.90 Å². The lowest BCUT2D eigenvalue weighted by Crippen LogP contribution is -2.28. The minimum atomic E-state index is -1.45. The predicted molar refractivity (Wildman–Crippen MR) is 126 cm³/mol. The molecular formula is C26H17Cl3O2. The zero-order chi connectivity index (χ0) is 22.0. The van der Waals surface area contributed by atoms with Gasteiger partial charge in [0, 0.05) is 26.2 Å². The number of carbonyl (C=O) groups is 1. The van der Waals surface area contributed by atoms with Crippen LogP contribution in [-0.4, -0.2) is 10.9 Å². The van der Waals surface area contributed by atoms with Gasteiger partial charge in [-0.15, -0.1) is 0 Å². The predicted octanol–water partition coefficient (Wildman–Crippen LogP) is 7.16. The van der Waals surface area contributed by atoms with Crippen LogP contribution in [0.3, 0.4) is 0 Å². The summed E-state index contributed by atoms with van der Waals surface area (Å²) < 4.78 is 0. The topological polar surface area (TPSA) is 37.3 Å². The van der Waals surface area contributed by atoms with E-state index >= 15 is 0 Å². The Bertz CT molecular complexity index is 1150. The van der Waals surface area contributed by atoms with Crippen LogP contribution >= 0.6 is 34.8 Å². The fourth-order valence-electron chi connectivity index (χ4n) is 3.51. The Morgan fingerprint density at radius 3 is 1.13 bits per heavy atom. The molecule has 0 amide bonds. The van der Waals surface area contributed by atoms with Crippen molar-refractivity contribution in [1.82, 2.24) is 0 Å². The number of hydrogen-bond acceptors (Lipinski definition) is 2. The molecule has 0 fully saturated rings. The molecule has 0 saturated carbocycles. The Labute approximate surface area is 195 Å². The zero-order valence-corrected chi connectivity index (χ0v) is 18.5. The summed E-state index contributed by atoms with van der Waals surface area (Å²) in [5.41, 5.74) is 1.53. The molecule has 2 nitrogen and oxygen atoms in total. The van der Waals surface area contributed by atoms with E-state index in [0.29, 0.717) is 42.9 Å². The lowest BCUT2D eigenvalue weighted by atomic mass is 9.80. The second-order valence-electron chi connectivity index (χ2n) is 7.14. The number of aliphatic hydroxyl groups is 1. The molecule has 0 unspecified atom stereocenters. The van der Waals surface area contributed by atoms with Gasteiger partial charge >= 0.3 is 0 Å². The van der Waals surface area contributed by atoms with E-state index in [4.69, 9.17) is 34.8 Å². The summed E-state index contributed by atoms with van der Waals surface area (Å²) in [5, 5.41) is 13.6. The van der Waals surface area contributed by atoms with Crippen LogP contribution in [0.1, 0.15) is 32.6 Å². The lowest BCUT2D eigenvalue weighted by molar-refractivity contribution is 0.103. The first kappa shape index (κ1) is 21.6. The molecule has 1 N–H and O–H groups in total. The molecule has 0 aromatic heterocycles. The summed E-state index contributed by atoms with van der Waals surface area (Å²) in [4.78, 5) is 12.8. The number of ketones is 1. The number of rotatable bonds is 5. The summed E-state index contributed by atoms with van der Waals surface area (Å²) in [6.45, 7) is 0. The fraction of sp³-hybridized carbons (Fsp3) is 0.0385. The maximum absolute atomic E-state index is 12.8. The largest absolute Gasteiger partial charge is 0.376 e. The number of carbonyl (C=O) groups excluding carboxylic acids is 1. The van der Waals surface area contributed by atoms with Crippen LogP contribution in [0.25, 0.3) is 0 Å². The second kappa shape index (κ2) is 8.86. The van der Waals surface area contributed by atoms with Crippen LogP contribution < -0.4 is 0 Å². The van der Waals surface area contributed by atoms with Crippen molar-refractivity contribution in [2.45, 2.75) is 5.60 Å². The Hall–Kier alpha value is -2.62. The zero-order valence-electron chi connectivity index (χ0n) is 16.2. The molecule has 5 heteroatoms. The van der Waals surface area contributed by atoms with Gasteiger partial charge in [0.1, 0.15) is 5.60 Å². The van der Waals surface area contributed by atoms with E-state index in [-0.39, 0.29) is 5.78 Å². The van der Waals surface area contributed by atoms with E-state index < -0.39 is 5.60 Å². The second-order valence-corrected chi connectivity index (χ2v) is 8.45. The number of halogens is 3. The van der Waals surface area contributed by atoms with Gasteiger partial charge in [0.05, 0.1) is 0 Å². The monoisotopic (exact) mass is 466 g/mol. The first-order chi connectivity index (χ1) is 14.9. The summed E-state index contributed by atoms with van der Waals surface area (Å²) in [6.07, 6.45) is 0. The van der Waals surface area contributed by atoms with Gasteiger partial charge in [0.15, 0.2) is 5.78 Å². The molecular weight excluding hydrogens is 451 g/mol. The van der Waals surface area contributed by atoms with Crippen LogP contribution in [0.15, 0.2) is 97.1 Å². The highest BCUT2D eigenvalue weighted by Crippen LogP contribution is 2.37. The average Bonchev–Trinajstić information content (AvgIpc) is 2.80. The van der Waals surface area contributed by atoms with Crippen molar-refractivity contribution in [3.63, 3.8) is 0 Å². The molecule has 0 radical (unpaired) electrons. The number of hydrogen-bond donors (Lipinski definition) is 1. The first-order valence-corrected chi connectivity index (χ1v) is 10.7. The Kier molecular flexibility index (Phi) is 6.17. The van der Waals surface area contributed by atoms with Crippen molar-refractivity contribution in [3.05, 3.63) is 140 Å². The van der Waals surface area contributed by atoms with Gasteiger partial charge in [-0.1, -0.05) is 83.3 Å². The molecule has 0 saturated heterocycles. The Balaban J connectivity index is 1.77. The van der Waals surface area contributed by atoms with Gasteiger partial charge in [-0.3, -0.25) is 4.79 Å². The summed E-state index contributed by atoms with van der Waals surface area (Å²) in [5.74, 6) is -0.121. The van der Waals surface area contributed by atoms with E-state index in [9.17, 15) is 9.90 Å². The normalized spacial score (nSPS) is 11.4. The van der Waals surface area contributed by atoms with Gasteiger partial charge in [0.2, 0.25) is 0 Å². The number of benzene rings is 4. The molecule has 4 rings (SSSR count). The van der Waals surface area contributed by atoms with E-state index in [2.05, 4.69) is 0 Å². The molecule has 0 aliphatic rings. The lowest BCUT2D eigenvalue weighted by Gasteiger charge is -2.30. The molecule has 0 aliphatic carbocycles. The SMILES string of the molecule is O=C(c1ccc(Cl)cc1)c1ccc(C(O)(c2ccc(Cl)cc2)c2ccc(Cl)cc2)cc1. The van der Waals surface area contributed by atoms with Gasteiger partial charge in [-0.05, 0) is 65.2 Å². The Morgan fingerprint density at radius 1 is 0.516 bits per heavy atom. The van der Waals surface area contributed by atoms with Crippen LogP contribution in [0.5, 0.6) is 0 Å². The molecule has 4 aromatic carbocycles. The van der Waals surface area contributed by atoms with Crippen molar-refractivity contribution in [2.75, 3.05) is 0 Å². The Morgan fingerprint density at radius 2 is 0.774 bits per heavy atom. The third-order valence-electron chi connectivity index (χ3n) is 5.20. The fourth-order valence-corrected chi connectivity index (χ4v) is 3.89. The molecule has 154 valence electrons. The van der Waals surface area contributed by atoms with Crippen molar-refractivity contribution in [2.24, 2.45) is 0 Å². The van der Waals surface area contributed by atoms with Gasteiger partial charge < -0.3 is 5.11 Å². The minimum absolute atomic E-state index is 0.121. The molecule has 0 bridgehead atoms. The maximum Gasteiger partial charge on any atom is 0.193 e. The van der Waals surface area contributed by atoms with Crippen LogP contribution in [0.2, 0.25) is 15.1 Å². The van der Waals surface area contributed by atoms with E-state index in [0.717, 1.165) is 0 Å². The van der Waals surface area contributed by atoms with E-state index in [1.165, 1.54) is 0 Å². The molecule has 31 heavy (non-hydrogen) atoms. The maximum atomic E-state index is 12.8. The van der Waals surface area contributed by atoms with Gasteiger partial charge in [-0.25, -0.2) is 0 Å². The van der Waals surface area contributed by atoms with Crippen molar-refractivity contribution in [1.29, 1.82) is 0 Å². The average molecular weight is 468 g/mol. The van der Waals surface area contributed by atoms with Crippen LogP contribution in [-0.2, 0) is 5.60 Å². The van der Waals surface area contributed by atoms with Gasteiger partial charge in [0.25, 0.3) is 0 Å². The van der Waals surface area contributed by atoms with Crippen molar-refractivity contribution in [3.8, 4) is 0 Å². The highest BCUT2D eigenvalue weighted by molar-refractivity contribution is 6.31. The third-order valence-corrected chi connectivity index (χ3v) is 5.95. The molecule has 0 atom stereocenters. The smallest absolute Gasteiger partial charge is 0.193 e. The van der Waals surface area contributed by atoms with E-state index in [1.54, 1.807) is 97.1 Å². The first-order valence-electron chi connectivity index (χ1n) is 9.53. The standard InChI is InChI=1S/C26H17Cl3O2/c27-22-11-3-18(4-12-22)25(30)17-1-5-19(6-2-17)26(31,20-7-13-23(28)14-8-20)21-9-15-24(29)16-10-21/h1-16,31H. The molecule has 4 aromatic rings. The quantitative estimate of drug-likeness (QED) is 0.250. The molecule has 0 aliphatic heterocycles. The summed E-state index contributed by atoms with van der Waals surface area (Å²) in [7, 11) is 0. The minimum Gasteiger partial charge on any atom is -0.376 e. The highest BCUT2D eigenvalue weighted by Gasteiger charge is 2.34. The van der Waals surface area contributed by atoms with Crippen molar-refractivity contribution >= 4 is 40.6 Å². The molecule has 0 heterocycles. The summed E-state index contributed by atoms with van der Waals surface area (Å²) >= 11 is 18.0. The third kappa shape index (κ3) is 4.39. The van der Waals surface area contributed by atoms with Crippen LogP contribution in [0.4, 0.5) is 0 Å². The highest BCUT2D eigenvalue weighted by atomic mass is 35.5. The molecule has 0 spiro atoms. The van der Waals surface area contributed by atoms with Crippen LogP contribution in [0, 0.1) is 0 Å². The van der Waals surface area contributed by atoms with E-state index in [1.807, 2.05) is 0 Å². The summed E-state index contributed by atoms with van der Waals surface area (Å²) in [6, 6.07) is 27.7.